The van der Waals surface area contributed by atoms with Crippen molar-refractivity contribution in [3.63, 3.8) is 0 Å². The van der Waals surface area contributed by atoms with Crippen LogP contribution < -0.4 is 20.6 Å². The minimum Gasteiger partial charge on any atom is -0.494 e. The minimum absolute atomic E-state index is 0.0182. The monoisotopic (exact) mass is 808 g/mol. The van der Waals surface area contributed by atoms with Crippen LogP contribution in [0.15, 0.2) is 76.2 Å². The van der Waals surface area contributed by atoms with Gasteiger partial charge in [0.25, 0.3) is 31.4 Å². The minimum atomic E-state index is -4.58. The maximum Gasteiger partial charge on any atom is 0.281 e. The van der Waals surface area contributed by atoms with Crippen molar-refractivity contribution in [3.05, 3.63) is 79.4 Å². The lowest BCUT2D eigenvalue weighted by molar-refractivity contribution is 0.403. The normalized spacial score (nSPS) is 12.8. The second-order valence-corrected chi connectivity index (χ2v) is 15.8. The molecule has 4 aromatic rings. The molecule has 54 heavy (non-hydrogen) atoms. The van der Waals surface area contributed by atoms with Crippen LogP contribution >= 0.6 is 0 Å². The molecule has 0 atom stereocenters. The van der Waals surface area contributed by atoms with Crippen molar-refractivity contribution < 1.29 is 49.8 Å². The Morgan fingerprint density at radius 3 is 1.31 bits per heavy atom. The lowest BCUT2D eigenvalue weighted by atomic mass is 10.1. The van der Waals surface area contributed by atoms with Crippen LogP contribution in [0.1, 0.15) is 36.1 Å². The zero-order valence-electron chi connectivity index (χ0n) is 29.7. The average molecular weight is 809 g/mol. The number of rotatable bonds is 14. The lowest BCUT2D eigenvalue weighted by Gasteiger charge is -2.14. The van der Waals surface area contributed by atoms with Gasteiger partial charge in [0.1, 0.15) is 34.4 Å². The van der Waals surface area contributed by atoms with E-state index in [2.05, 4.69) is 20.5 Å². The number of pyridine rings is 2. The third-order valence-electron chi connectivity index (χ3n) is 8.09. The van der Waals surface area contributed by atoms with Gasteiger partial charge in [0, 0.05) is 34.0 Å². The number of hydrogen-bond acceptors (Lipinski definition) is 15. The van der Waals surface area contributed by atoms with Gasteiger partial charge in [0.05, 0.1) is 25.0 Å². The highest BCUT2D eigenvalue weighted by Crippen LogP contribution is 2.37. The Kier molecular flexibility index (Phi) is 12.6. The number of azo groups is 2. The van der Waals surface area contributed by atoms with Crippen molar-refractivity contribution in [1.82, 2.24) is 9.13 Å². The van der Waals surface area contributed by atoms with Crippen molar-refractivity contribution >= 4 is 53.8 Å². The first-order valence-corrected chi connectivity index (χ1v) is 20.1. The van der Waals surface area contributed by atoms with Crippen LogP contribution in [0.25, 0.3) is 0 Å². The number of nitrogens with zero attached hydrogens (tertiary/aromatic N) is 6. The Morgan fingerprint density at radius 2 is 1.02 bits per heavy atom. The summed E-state index contributed by atoms with van der Waals surface area (Å²) in [5.41, 5.74) is -2.39. The largest absolute Gasteiger partial charge is 0.494 e. The molecule has 0 saturated heterocycles. The summed E-state index contributed by atoms with van der Waals surface area (Å²) in [7, 11) is -8.38. The maximum absolute atomic E-state index is 13.7. The summed E-state index contributed by atoms with van der Waals surface area (Å²) in [6.45, 7) is 5.70. The fraction of sp³-hybridized carbons (Fsp3) is 0.312. The predicted molar refractivity (Wildman–Crippen MR) is 195 cm³/mol. The molecule has 0 radical (unpaired) electrons. The molecule has 2 aromatic heterocycles. The summed E-state index contributed by atoms with van der Waals surface area (Å²) in [6.07, 6.45) is 0. The number of ether oxygens (including phenoxy) is 2. The molecule has 0 unspecified atom stereocenters. The van der Waals surface area contributed by atoms with Crippen molar-refractivity contribution in [2.45, 2.75) is 62.1 Å². The molecule has 2 aromatic carbocycles. The molecule has 0 aliphatic carbocycles. The van der Waals surface area contributed by atoms with Crippen LogP contribution in [-0.2, 0) is 55.6 Å². The molecule has 19 nitrogen and oxygen atoms in total. The summed E-state index contributed by atoms with van der Waals surface area (Å²) in [4.78, 5) is 26.6. The summed E-state index contributed by atoms with van der Waals surface area (Å²) >= 11 is 0. The summed E-state index contributed by atoms with van der Waals surface area (Å²) in [5.74, 6) is -3.00. The van der Waals surface area contributed by atoms with Gasteiger partial charge in [-0.1, -0.05) is 0 Å². The van der Waals surface area contributed by atoms with Gasteiger partial charge in [0.15, 0.2) is 23.1 Å². The van der Waals surface area contributed by atoms with E-state index >= 15 is 0 Å². The van der Waals surface area contributed by atoms with Gasteiger partial charge in [-0.05, 0) is 75.2 Å². The van der Waals surface area contributed by atoms with Crippen molar-refractivity contribution in [1.29, 1.82) is 0 Å². The van der Waals surface area contributed by atoms with Gasteiger partial charge in [-0.15, -0.1) is 20.5 Å². The molecule has 0 spiro atoms. The van der Waals surface area contributed by atoms with E-state index in [1.54, 1.807) is 13.8 Å². The number of methoxy groups -OCH3 is 2. The third-order valence-corrected chi connectivity index (χ3v) is 10.8. The van der Waals surface area contributed by atoms with Gasteiger partial charge in [-0.2, -0.15) is 16.8 Å². The van der Waals surface area contributed by atoms with Crippen molar-refractivity contribution in [3.8, 4) is 23.3 Å². The maximum atomic E-state index is 13.7. The number of aromatic hydroxyl groups is 2. The summed E-state index contributed by atoms with van der Waals surface area (Å²) in [6, 6.07) is 8.59. The zero-order chi connectivity index (χ0) is 40.3. The Bertz CT molecular complexity index is 2390. The molecular formula is C32H36N6O13S3. The van der Waals surface area contributed by atoms with E-state index in [1.165, 1.54) is 64.5 Å². The second-order valence-electron chi connectivity index (χ2n) is 11.4. The Balaban J connectivity index is 1.69. The fourth-order valence-electron chi connectivity index (χ4n) is 5.30. The van der Waals surface area contributed by atoms with Crippen LogP contribution in [0.2, 0.25) is 0 Å². The predicted octanol–water partition coefficient (Wildman–Crippen LogP) is 4.87. The molecule has 4 rings (SSSR count). The first-order chi connectivity index (χ1) is 25.3. The van der Waals surface area contributed by atoms with E-state index in [-0.39, 0.29) is 79.4 Å². The van der Waals surface area contributed by atoms with Gasteiger partial charge >= 0.3 is 0 Å². The van der Waals surface area contributed by atoms with Gasteiger partial charge in [-0.25, -0.2) is 4.21 Å². The molecule has 2 heterocycles. The topological polar surface area (TPSA) is 278 Å². The summed E-state index contributed by atoms with van der Waals surface area (Å²) in [5, 5.41) is 37.2. The third kappa shape index (κ3) is 8.90. The highest BCUT2D eigenvalue weighted by molar-refractivity contribution is 7.85. The SMILES string of the molecule is CCn1c(O)c(CS(=O)(=O)O)c(C)c(N=Nc2ccc(S(=O)c3ccc(N=Nc4c(C)c(CS(=O)(=O)O)c(O)n(CC)c4=O)c(OC)c3)cc2OC)c1=O. The molecule has 0 aliphatic heterocycles. The molecule has 0 saturated carbocycles. The van der Waals surface area contributed by atoms with E-state index in [9.17, 15) is 50.0 Å². The second kappa shape index (κ2) is 16.4. The molecule has 4 N–H and O–H groups in total. The molecule has 0 bridgehead atoms. The first-order valence-electron chi connectivity index (χ1n) is 15.7. The first kappa shape index (κ1) is 41.5. The van der Waals surface area contributed by atoms with Gasteiger partial charge < -0.3 is 19.7 Å². The zero-order valence-corrected chi connectivity index (χ0v) is 32.1. The van der Waals surface area contributed by atoms with E-state index in [1.807, 2.05) is 0 Å². The van der Waals surface area contributed by atoms with Crippen molar-refractivity contribution in [2.75, 3.05) is 14.2 Å². The van der Waals surface area contributed by atoms with Crippen LogP contribution in [0, 0.1) is 13.8 Å². The Morgan fingerprint density at radius 1 is 0.667 bits per heavy atom. The molecule has 0 amide bonds. The van der Waals surface area contributed by atoms with Gasteiger partial charge in [-0.3, -0.25) is 27.8 Å². The lowest BCUT2D eigenvalue weighted by Crippen LogP contribution is -2.22. The van der Waals surface area contributed by atoms with Crippen LogP contribution in [0.4, 0.5) is 22.7 Å². The van der Waals surface area contributed by atoms with E-state index in [0.29, 0.717) is 0 Å². The quantitative estimate of drug-likeness (QED) is 0.0979. The molecule has 22 heteroatoms. The summed E-state index contributed by atoms with van der Waals surface area (Å²) < 4.78 is 91.4. The number of aromatic nitrogens is 2. The van der Waals surface area contributed by atoms with E-state index in [4.69, 9.17) is 9.47 Å². The molecular weight excluding hydrogens is 773 g/mol. The van der Waals surface area contributed by atoms with Crippen LogP contribution in [0.5, 0.6) is 23.3 Å². The average Bonchev–Trinajstić information content (AvgIpc) is 3.11. The standard InChI is InChI=1S/C32H36N6O13S3/c1-7-37-29(39)21(15-53(44,45)46)17(3)27(31(37)41)35-33-23-11-9-19(13-25(23)50-5)52(43)20-10-12-24(26(14-20)51-6)34-36-28-18(4)22(16-54(47,48)49)30(40)38(8-2)32(28)42/h9-14,39-40H,7-8,15-16H2,1-6H3,(H,44,45,46)(H,47,48,49). The highest BCUT2D eigenvalue weighted by Gasteiger charge is 2.24. The molecule has 290 valence electrons. The van der Waals surface area contributed by atoms with Gasteiger partial charge in [0.2, 0.25) is 0 Å². The smallest absolute Gasteiger partial charge is 0.281 e. The Hall–Kier alpha value is -5.29. The molecule has 0 aliphatic rings. The highest BCUT2D eigenvalue weighted by atomic mass is 32.2. The van der Waals surface area contributed by atoms with E-state index in [0.717, 1.165) is 9.13 Å². The molecule has 0 fully saturated rings. The number of benzene rings is 2. The fourth-order valence-corrected chi connectivity index (χ4v) is 7.81. The van der Waals surface area contributed by atoms with E-state index < -0.39 is 65.4 Å². The van der Waals surface area contributed by atoms with Crippen molar-refractivity contribution in [2.24, 2.45) is 20.5 Å². The number of hydrogen-bond donors (Lipinski definition) is 4. The van der Waals surface area contributed by atoms with Crippen LogP contribution in [-0.4, -0.2) is 63.7 Å². The Labute approximate surface area is 311 Å². The van der Waals surface area contributed by atoms with Crippen LogP contribution in [0.3, 0.4) is 0 Å².